The zero-order valence-electron chi connectivity index (χ0n) is 14.6. The van der Waals surface area contributed by atoms with E-state index in [0.717, 1.165) is 18.0 Å². The van der Waals surface area contributed by atoms with Crippen molar-refractivity contribution in [3.63, 3.8) is 0 Å². The lowest BCUT2D eigenvalue weighted by molar-refractivity contribution is 0.125. The van der Waals surface area contributed by atoms with Crippen LogP contribution >= 0.6 is 0 Å². The molecular formula is C18H37N3. The number of likely N-dealkylation sites (N-methyl/N-ethyl adjacent to an activating group) is 1. The number of rotatable bonds is 6. The highest BCUT2D eigenvalue weighted by Crippen LogP contribution is 2.24. The molecule has 0 bridgehead atoms. The van der Waals surface area contributed by atoms with Crippen LogP contribution < -0.4 is 5.32 Å². The predicted octanol–water partition coefficient (Wildman–Crippen LogP) is 2.96. The van der Waals surface area contributed by atoms with E-state index in [1.54, 1.807) is 0 Å². The van der Waals surface area contributed by atoms with Crippen LogP contribution in [0.1, 0.15) is 58.3 Å². The lowest BCUT2D eigenvalue weighted by Crippen LogP contribution is -2.50. The van der Waals surface area contributed by atoms with Gasteiger partial charge < -0.3 is 15.1 Å². The van der Waals surface area contributed by atoms with E-state index in [-0.39, 0.29) is 0 Å². The summed E-state index contributed by atoms with van der Waals surface area (Å²) in [6.07, 6.45) is 11.1. The predicted molar refractivity (Wildman–Crippen MR) is 91.8 cm³/mol. The first kappa shape index (κ1) is 17.2. The van der Waals surface area contributed by atoms with Crippen LogP contribution in [0, 0.1) is 5.92 Å². The highest BCUT2D eigenvalue weighted by molar-refractivity contribution is 4.87. The van der Waals surface area contributed by atoms with Gasteiger partial charge in [-0.05, 0) is 71.8 Å². The molecule has 0 spiro atoms. The third-order valence-corrected chi connectivity index (χ3v) is 5.59. The van der Waals surface area contributed by atoms with Gasteiger partial charge >= 0.3 is 0 Å². The Hall–Kier alpha value is -0.120. The molecule has 124 valence electrons. The van der Waals surface area contributed by atoms with Crippen LogP contribution in [0.3, 0.4) is 0 Å². The minimum absolute atomic E-state index is 0.726. The average Bonchev–Trinajstić information content (AvgIpc) is 2.73. The number of piperidine rings is 1. The van der Waals surface area contributed by atoms with Gasteiger partial charge in [0, 0.05) is 18.6 Å². The Labute approximate surface area is 132 Å². The number of nitrogens with zero attached hydrogens (tertiary/aromatic N) is 2. The SMILES string of the molecule is CCCNC1CCCCCC1N(C)CC1CCN(C)CC1. The first-order valence-electron chi connectivity index (χ1n) is 9.33. The molecule has 0 radical (unpaired) electrons. The van der Waals surface area contributed by atoms with E-state index in [0.29, 0.717) is 0 Å². The van der Waals surface area contributed by atoms with Crippen molar-refractivity contribution in [3.05, 3.63) is 0 Å². The van der Waals surface area contributed by atoms with Crippen LogP contribution in [0.25, 0.3) is 0 Å². The molecule has 2 atom stereocenters. The highest BCUT2D eigenvalue weighted by Gasteiger charge is 2.28. The monoisotopic (exact) mass is 295 g/mol. The molecule has 1 heterocycles. The Morgan fingerprint density at radius 3 is 2.48 bits per heavy atom. The first-order chi connectivity index (χ1) is 10.2. The Bertz CT molecular complexity index is 274. The van der Waals surface area contributed by atoms with E-state index in [1.807, 2.05) is 0 Å². The molecule has 3 heteroatoms. The standard InChI is InChI=1S/C18H37N3/c1-4-12-19-17-8-6-5-7-9-18(17)21(3)15-16-10-13-20(2)14-11-16/h16-19H,4-15H2,1-3H3. The molecule has 0 amide bonds. The van der Waals surface area contributed by atoms with Crippen LogP contribution in [0.15, 0.2) is 0 Å². The minimum Gasteiger partial charge on any atom is -0.312 e. The fourth-order valence-corrected chi connectivity index (χ4v) is 4.17. The molecule has 1 saturated heterocycles. The van der Waals surface area contributed by atoms with Gasteiger partial charge in [-0.2, -0.15) is 0 Å². The molecule has 3 nitrogen and oxygen atoms in total. The van der Waals surface area contributed by atoms with Gasteiger partial charge in [-0.15, -0.1) is 0 Å². The van der Waals surface area contributed by atoms with Crippen molar-refractivity contribution in [3.8, 4) is 0 Å². The smallest absolute Gasteiger partial charge is 0.0246 e. The van der Waals surface area contributed by atoms with Crippen molar-refractivity contribution in [1.82, 2.24) is 15.1 Å². The summed E-state index contributed by atoms with van der Waals surface area (Å²) in [6.45, 7) is 7.36. The van der Waals surface area contributed by atoms with E-state index >= 15 is 0 Å². The van der Waals surface area contributed by atoms with Gasteiger partial charge in [0.05, 0.1) is 0 Å². The highest BCUT2D eigenvalue weighted by atomic mass is 15.2. The summed E-state index contributed by atoms with van der Waals surface area (Å²) in [4.78, 5) is 5.18. The molecular weight excluding hydrogens is 258 g/mol. The number of likely N-dealkylation sites (tertiary alicyclic amines) is 1. The van der Waals surface area contributed by atoms with Crippen molar-refractivity contribution in [1.29, 1.82) is 0 Å². The lowest BCUT2D eigenvalue weighted by Gasteiger charge is -2.38. The van der Waals surface area contributed by atoms with Crippen molar-refractivity contribution >= 4 is 0 Å². The van der Waals surface area contributed by atoms with E-state index in [1.165, 1.54) is 77.5 Å². The maximum atomic E-state index is 3.84. The first-order valence-corrected chi connectivity index (χ1v) is 9.33. The number of nitrogens with one attached hydrogen (secondary N) is 1. The topological polar surface area (TPSA) is 18.5 Å². The van der Waals surface area contributed by atoms with Gasteiger partial charge in [-0.1, -0.05) is 26.2 Å². The third-order valence-electron chi connectivity index (χ3n) is 5.59. The second-order valence-electron chi connectivity index (χ2n) is 7.45. The van der Waals surface area contributed by atoms with Gasteiger partial charge in [0.1, 0.15) is 0 Å². The molecule has 1 aliphatic carbocycles. The van der Waals surface area contributed by atoms with Gasteiger partial charge in [0.25, 0.3) is 0 Å². The zero-order chi connectivity index (χ0) is 15.1. The summed E-state index contributed by atoms with van der Waals surface area (Å²) in [5, 5.41) is 3.84. The summed E-state index contributed by atoms with van der Waals surface area (Å²) in [5.41, 5.74) is 0. The Morgan fingerprint density at radius 2 is 1.76 bits per heavy atom. The molecule has 2 unspecified atom stereocenters. The fraction of sp³-hybridized carbons (Fsp3) is 1.00. The second kappa shape index (κ2) is 9.12. The number of hydrogen-bond acceptors (Lipinski definition) is 3. The van der Waals surface area contributed by atoms with Crippen LogP contribution in [0.4, 0.5) is 0 Å². The molecule has 0 aromatic rings. The minimum atomic E-state index is 0.726. The third kappa shape index (κ3) is 5.54. The molecule has 2 aliphatic rings. The van der Waals surface area contributed by atoms with Crippen LogP contribution in [-0.2, 0) is 0 Å². The van der Waals surface area contributed by atoms with E-state index in [2.05, 4.69) is 36.1 Å². The maximum Gasteiger partial charge on any atom is 0.0246 e. The van der Waals surface area contributed by atoms with Crippen molar-refractivity contribution in [2.24, 2.45) is 5.92 Å². The van der Waals surface area contributed by atoms with Gasteiger partial charge in [0.2, 0.25) is 0 Å². The molecule has 2 fully saturated rings. The largest absolute Gasteiger partial charge is 0.312 e. The Balaban J connectivity index is 1.85. The molecule has 0 aromatic heterocycles. The molecule has 1 aliphatic heterocycles. The molecule has 1 saturated carbocycles. The second-order valence-corrected chi connectivity index (χ2v) is 7.45. The molecule has 0 aromatic carbocycles. The fourth-order valence-electron chi connectivity index (χ4n) is 4.17. The van der Waals surface area contributed by atoms with Gasteiger partial charge in [-0.3, -0.25) is 0 Å². The van der Waals surface area contributed by atoms with Gasteiger partial charge in [-0.25, -0.2) is 0 Å². The summed E-state index contributed by atoms with van der Waals surface area (Å²) in [6, 6.07) is 1.49. The quantitative estimate of drug-likeness (QED) is 0.760. The molecule has 2 rings (SSSR count). The lowest BCUT2D eigenvalue weighted by atomic mass is 9.94. The van der Waals surface area contributed by atoms with E-state index in [4.69, 9.17) is 0 Å². The number of hydrogen-bond donors (Lipinski definition) is 1. The van der Waals surface area contributed by atoms with Crippen molar-refractivity contribution < 1.29 is 0 Å². The zero-order valence-corrected chi connectivity index (χ0v) is 14.6. The Morgan fingerprint density at radius 1 is 1.05 bits per heavy atom. The van der Waals surface area contributed by atoms with Crippen molar-refractivity contribution in [2.75, 3.05) is 40.3 Å². The van der Waals surface area contributed by atoms with Crippen molar-refractivity contribution in [2.45, 2.75) is 70.4 Å². The molecule has 1 N–H and O–H groups in total. The summed E-state index contributed by atoms with van der Waals surface area (Å²) >= 11 is 0. The van der Waals surface area contributed by atoms with E-state index in [9.17, 15) is 0 Å². The Kier molecular flexibility index (Phi) is 7.48. The van der Waals surface area contributed by atoms with Crippen LogP contribution in [0.5, 0.6) is 0 Å². The normalized spacial score (nSPS) is 29.7. The van der Waals surface area contributed by atoms with Crippen LogP contribution in [0.2, 0.25) is 0 Å². The van der Waals surface area contributed by atoms with E-state index < -0.39 is 0 Å². The maximum absolute atomic E-state index is 3.84. The summed E-state index contributed by atoms with van der Waals surface area (Å²) in [5.74, 6) is 0.918. The molecule has 21 heavy (non-hydrogen) atoms. The summed E-state index contributed by atoms with van der Waals surface area (Å²) < 4.78 is 0. The average molecular weight is 296 g/mol. The van der Waals surface area contributed by atoms with Gasteiger partial charge in [0.15, 0.2) is 0 Å². The van der Waals surface area contributed by atoms with Crippen LogP contribution in [-0.4, -0.2) is 62.2 Å². The summed E-state index contributed by atoms with van der Waals surface area (Å²) in [7, 11) is 4.64.